The quantitative estimate of drug-likeness (QED) is 0.515. The van der Waals surface area contributed by atoms with Gasteiger partial charge in [0.15, 0.2) is 0 Å². The van der Waals surface area contributed by atoms with Gasteiger partial charge in [0.25, 0.3) is 0 Å². The Kier molecular flexibility index (Phi) is 8.32. The first-order chi connectivity index (χ1) is 8.90. The van der Waals surface area contributed by atoms with Crippen LogP contribution in [0, 0.1) is 0 Å². The Balaban J connectivity index is 3.85. The van der Waals surface area contributed by atoms with Crippen LogP contribution >= 0.6 is 0 Å². The molecule has 0 radical (unpaired) electrons. The fraction of sp³-hybridized carbons (Fsp3) is 0.750. The van der Waals surface area contributed by atoms with Gasteiger partial charge in [0, 0.05) is 19.0 Å². The maximum absolute atomic E-state index is 11.4. The molecule has 7 nitrogen and oxygen atoms in total. The fourth-order valence-electron chi connectivity index (χ4n) is 1.29. The number of rotatable bonds is 8. The summed E-state index contributed by atoms with van der Waals surface area (Å²) in [6, 6.07) is -1.38. The van der Waals surface area contributed by atoms with E-state index in [2.05, 4.69) is 16.0 Å². The molecule has 110 valence electrons. The minimum absolute atomic E-state index is 0.109. The second kappa shape index (κ2) is 9.18. The largest absolute Gasteiger partial charge is 0.480 e. The van der Waals surface area contributed by atoms with Crippen LogP contribution in [0.15, 0.2) is 0 Å². The number of amides is 3. The third-order valence-corrected chi connectivity index (χ3v) is 2.67. The van der Waals surface area contributed by atoms with Gasteiger partial charge in [-0.15, -0.1) is 0 Å². The van der Waals surface area contributed by atoms with Crippen LogP contribution in [0.25, 0.3) is 0 Å². The maximum atomic E-state index is 11.4. The lowest BCUT2D eigenvalue weighted by atomic mass is 10.2. The molecule has 0 bridgehead atoms. The fourth-order valence-corrected chi connectivity index (χ4v) is 1.29. The van der Waals surface area contributed by atoms with Crippen LogP contribution in [-0.4, -0.2) is 41.6 Å². The second-order valence-electron chi connectivity index (χ2n) is 4.33. The topological polar surface area (TPSA) is 108 Å². The van der Waals surface area contributed by atoms with Gasteiger partial charge in [-0.25, -0.2) is 9.59 Å². The van der Waals surface area contributed by atoms with Crippen molar-refractivity contribution in [2.45, 2.75) is 52.1 Å². The van der Waals surface area contributed by atoms with Crippen molar-refractivity contribution in [3.05, 3.63) is 0 Å². The van der Waals surface area contributed by atoms with Gasteiger partial charge in [0.05, 0.1) is 0 Å². The molecule has 19 heavy (non-hydrogen) atoms. The molecule has 0 aromatic carbocycles. The van der Waals surface area contributed by atoms with Crippen molar-refractivity contribution in [3.63, 3.8) is 0 Å². The van der Waals surface area contributed by atoms with Crippen LogP contribution in [-0.2, 0) is 9.59 Å². The molecule has 0 aliphatic rings. The van der Waals surface area contributed by atoms with Gasteiger partial charge in [0.2, 0.25) is 5.91 Å². The van der Waals surface area contributed by atoms with Gasteiger partial charge in [-0.1, -0.05) is 13.8 Å². The minimum atomic E-state index is -1.08. The number of nitrogens with one attached hydrogen (secondary N) is 3. The minimum Gasteiger partial charge on any atom is -0.480 e. The summed E-state index contributed by atoms with van der Waals surface area (Å²) < 4.78 is 0. The Labute approximate surface area is 113 Å². The Hall–Kier alpha value is -1.79. The number of hydrogen-bond acceptors (Lipinski definition) is 3. The van der Waals surface area contributed by atoms with E-state index >= 15 is 0 Å². The van der Waals surface area contributed by atoms with Crippen molar-refractivity contribution in [2.24, 2.45) is 0 Å². The highest BCUT2D eigenvalue weighted by molar-refractivity contribution is 5.83. The van der Waals surface area contributed by atoms with Crippen molar-refractivity contribution in [2.75, 3.05) is 6.54 Å². The predicted molar refractivity (Wildman–Crippen MR) is 70.8 cm³/mol. The molecule has 0 spiro atoms. The number of carbonyl (C=O) groups excluding carboxylic acids is 2. The molecule has 0 saturated heterocycles. The number of carboxylic acids is 1. The van der Waals surface area contributed by atoms with Crippen LogP contribution < -0.4 is 16.0 Å². The zero-order valence-electron chi connectivity index (χ0n) is 11.7. The third-order valence-electron chi connectivity index (χ3n) is 2.67. The molecule has 3 amide bonds. The monoisotopic (exact) mass is 273 g/mol. The molecule has 0 saturated carbocycles. The molecule has 0 aromatic rings. The Bertz CT molecular complexity index is 320. The van der Waals surface area contributed by atoms with E-state index in [1.165, 1.54) is 0 Å². The Morgan fingerprint density at radius 2 is 1.74 bits per heavy atom. The lowest BCUT2D eigenvalue weighted by Gasteiger charge is -2.14. The van der Waals surface area contributed by atoms with Gasteiger partial charge in [-0.05, 0) is 19.8 Å². The van der Waals surface area contributed by atoms with E-state index in [-0.39, 0.29) is 24.9 Å². The highest BCUT2D eigenvalue weighted by Crippen LogP contribution is 1.91. The summed E-state index contributed by atoms with van der Waals surface area (Å²) in [5.41, 5.74) is 0. The average Bonchev–Trinajstić information content (AvgIpc) is 2.35. The summed E-state index contributed by atoms with van der Waals surface area (Å²) in [5, 5.41) is 16.3. The van der Waals surface area contributed by atoms with E-state index in [4.69, 9.17) is 5.11 Å². The first-order valence-electron chi connectivity index (χ1n) is 6.47. The van der Waals surface area contributed by atoms with Crippen molar-refractivity contribution < 1.29 is 19.5 Å². The zero-order valence-corrected chi connectivity index (χ0v) is 11.7. The third kappa shape index (κ3) is 8.01. The van der Waals surface area contributed by atoms with Crippen molar-refractivity contribution in [1.82, 2.24) is 16.0 Å². The molecule has 0 fully saturated rings. The Morgan fingerprint density at radius 1 is 1.11 bits per heavy atom. The normalized spacial score (nSPS) is 13.2. The van der Waals surface area contributed by atoms with Crippen LogP contribution in [0.2, 0.25) is 0 Å². The van der Waals surface area contributed by atoms with E-state index in [9.17, 15) is 14.4 Å². The van der Waals surface area contributed by atoms with Gasteiger partial charge in [0.1, 0.15) is 6.04 Å². The number of aliphatic carboxylic acids is 1. The second-order valence-corrected chi connectivity index (χ2v) is 4.33. The van der Waals surface area contributed by atoms with Crippen molar-refractivity contribution in [1.29, 1.82) is 0 Å². The SMILES string of the molecule is CCC(C)NC(=O)CCNC(=O)NC(CC)C(=O)O. The summed E-state index contributed by atoms with van der Waals surface area (Å²) in [7, 11) is 0. The molecule has 0 aromatic heterocycles. The van der Waals surface area contributed by atoms with E-state index in [0.717, 1.165) is 6.42 Å². The van der Waals surface area contributed by atoms with Gasteiger partial charge >= 0.3 is 12.0 Å². The smallest absolute Gasteiger partial charge is 0.326 e. The molecule has 2 unspecified atom stereocenters. The van der Waals surface area contributed by atoms with E-state index in [0.29, 0.717) is 6.42 Å². The molecular weight excluding hydrogens is 250 g/mol. The van der Waals surface area contributed by atoms with Gasteiger partial charge in [-0.2, -0.15) is 0 Å². The lowest BCUT2D eigenvalue weighted by molar-refractivity contribution is -0.139. The first-order valence-corrected chi connectivity index (χ1v) is 6.47. The number of carbonyl (C=O) groups is 3. The number of carboxylic acid groups (broad SMARTS) is 1. The summed E-state index contributed by atoms with van der Waals surface area (Å²) in [5.74, 6) is -1.22. The summed E-state index contributed by atoms with van der Waals surface area (Å²) in [4.78, 5) is 33.5. The Morgan fingerprint density at radius 3 is 2.21 bits per heavy atom. The number of hydrogen-bond donors (Lipinski definition) is 4. The standard InChI is InChI=1S/C12H23N3O4/c1-4-8(3)14-10(16)6-7-13-12(19)15-9(5-2)11(17)18/h8-9H,4-7H2,1-3H3,(H,14,16)(H,17,18)(H2,13,15,19). The van der Waals surface area contributed by atoms with Gasteiger partial charge < -0.3 is 21.1 Å². The number of urea groups is 1. The predicted octanol–water partition coefficient (Wildman–Crippen LogP) is 0.454. The molecule has 0 rings (SSSR count). The average molecular weight is 273 g/mol. The maximum Gasteiger partial charge on any atom is 0.326 e. The molecule has 0 aliphatic heterocycles. The summed E-state index contributed by atoms with van der Waals surface area (Å²) >= 11 is 0. The van der Waals surface area contributed by atoms with Crippen molar-refractivity contribution >= 4 is 17.9 Å². The zero-order chi connectivity index (χ0) is 14.8. The summed E-state index contributed by atoms with van der Waals surface area (Å²) in [6.45, 7) is 5.70. The molecule has 0 heterocycles. The van der Waals surface area contributed by atoms with E-state index < -0.39 is 18.0 Å². The molecule has 0 aliphatic carbocycles. The van der Waals surface area contributed by atoms with Gasteiger partial charge in [-0.3, -0.25) is 4.79 Å². The highest BCUT2D eigenvalue weighted by Gasteiger charge is 2.17. The van der Waals surface area contributed by atoms with Crippen LogP contribution in [0.3, 0.4) is 0 Å². The molecular formula is C12H23N3O4. The molecule has 4 N–H and O–H groups in total. The van der Waals surface area contributed by atoms with Crippen LogP contribution in [0.4, 0.5) is 4.79 Å². The van der Waals surface area contributed by atoms with Crippen molar-refractivity contribution in [3.8, 4) is 0 Å². The molecule has 2 atom stereocenters. The van der Waals surface area contributed by atoms with E-state index in [1.807, 2.05) is 13.8 Å². The molecule has 7 heteroatoms. The lowest BCUT2D eigenvalue weighted by Crippen LogP contribution is -2.46. The van der Waals surface area contributed by atoms with Crippen LogP contribution in [0.5, 0.6) is 0 Å². The van der Waals surface area contributed by atoms with Crippen LogP contribution in [0.1, 0.15) is 40.0 Å². The first kappa shape index (κ1) is 17.2. The highest BCUT2D eigenvalue weighted by atomic mass is 16.4. The summed E-state index contributed by atoms with van der Waals surface area (Å²) in [6.07, 6.45) is 1.31. The van der Waals surface area contributed by atoms with E-state index in [1.54, 1.807) is 6.92 Å².